The molecule has 1 amide bonds. The van der Waals surface area contributed by atoms with Crippen molar-refractivity contribution in [3.63, 3.8) is 0 Å². The molecule has 0 spiro atoms. The third-order valence-electron chi connectivity index (χ3n) is 4.06. The number of nitrogens with zero attached hydrogens (tertiary/aromatic N) is 3. The van der Waals surface area contributed by atoms with Crippen LogP contribution < -0.4 is 10.9 Å². The summed E-state index contributed by atoms with van der Waals surface area (Å²) in [4.78, 5) is 21.6. The molecule has 0 radical (unpaired) electrons. The van der Waals surface area contributed by atoms with Crippen LogP contribution in [0.15, 0.2) is 52.7 Å². The van der Waals surface area contributed by atoms with Crippen LogP contribution >= 0.6 is 0 Å². The molecule has 0 saturated heterocycles. The van der Waals surface area contributed by atoms with Gasteiger partial charge >= 0.3 is 0 Å². The van der Waals surface area contributed by atoms with Crippen LogP contribution in [0.25, 0.3) is 0 Å². The number of non-ortho nitro benzene ring substituents is 1. The van der Waals surface area contributed by atoms with Gasteiger partial charge in [0.2, 0.25) is 5.91 Å². The number of benzene rings is 2. The molecular formula is C18H17N5O4. The van der Waals surface area contributed by atoms with Gasteiger partial charge in [-0.05, 0) is 23.8 Å². The second-order valence-corrected chi connectivity index (χ2v) is 6.08. The van der Waals surface area contributed by atoms with Gasteiger partial charge in [-0.25, -0.2) is 5.43 Å². The number of nitrogens with one attached hydrogen (secondary N) is 2. The Morgan fingerprint density at radius 3 is 2.74 bits per heavy atom. The minimum absolute atomic E-state index is 0.0347. The zero-order chi connectivity index (χ0) is 19.4. The molecule has 0 aliphatic carbocycles. The smallest absolute Gasteiger partial charge is 0.270 e. The predicted octanol–water partition coefficient (Wildman–Crippen LogP) is 2.61. The maximum atomic E-state index is 11.3. The van der Waals surface area contributed by atoms with Crippen LogP contribution in [0.2, 0.25) is 0 Å². The lowest BCUT2D eigenvalue weighted by atomic mass is 9.94. The van der Waals surface area contributed by atoms with Crippen molar-refractivity contribution in [2.24, 2.45) is 16.1 Å². The third kappa shape index (κ3) is 4.27. The average molecular weight is 367 g/mol. The first kappa shape index (κ1) is 18.1. The van der Waals surface area contributed by atoms with Crippen LogP contribution in [-0.2, 0) is 4.79 Å². The van der Waals surface area contributed by atoms with Crippen molar-refractivity contribution >= 4 is 29.2 Å². The molecular weight excluding hydrogens is 350 g/mol. The number of hydrazone groups is 2. The van der Waals surface area contributed by atoms with Crippen LogP contribution in [0.1, 0.15) is 24.5 Å². The lowest BCUT2D eigenvalue weighted by Gasteiger charge is -2.19. The van der Waals surface area contributed by atoms with Crippen molar-refractivity contribution in [1.82, 2.24) is 5.43 Å². The molecule has 1 aliphatic rings. The molecule has 9 nitrogen and oxygen atoms in total. The lowest BCUT2D eigenvalue weighted by molar-refractivity contribution is -0.384. The molecule has 0 bridgehead atoms. The molecule has 1 heterocycles. The highest BCUT2D eigenvalue weighted by Gasteiger charge is 2.21. The number of phenolic OH excluding ortho intramolecular Hbond substituents is 1. The van der Waals surface area contributed by atoms with E-state index in [-0.39, 0.29) is 28.8 Å². The third-order valence-corrected chi connectivity index (χ3v) is 4.06. The lowest BCUT2D eigenvalue weighted by Crippen LogP contribution is -2.31. The number of rotatable bonds is 5. The van der Waals surface area contributed by atoms with Gasteiger partial charge in [-0.15, -0.1) is 0 Å². The minimum Gasteiger partial charge on any atom is -0.507 e. The summed E-state index contributed by atoms with van der Waals surface area (Å²) in [7, 11) is 0. The van der Waals surface area contributed by atoms with Crippen LogP contribution in [0.3, 0.4) is 0 Å². The fourth-order valence-electron chi connectivity index (χ4n) is 2.65. The summed E-state index contributed by atoms with van der Waals surface area (Å²) in [6.45, 7) is 1.94. The van der Waals surface area contributed by atoms with E-state index in [0.717, 1.165) is 11.3 Å². The van der Waals surface area contributed by atoms with E-state index in [9.17, 15) is 20.0 Å². The van der Waals surface area contributed by atoms with Crippen molar-refractivity contribution in [2.75, 3.05) is 5.43 Å². The highest BCUT2D eigenvalue weighted by atomic mass is 16.6. The Morgan fingerprint density at radius 2 is 2.07 bits per heavy atom. The number of nitro benzene ring substituents is 1. The summed E-state index contributed by atoms with van der Waals surface area (Å²) in [5.74, 6) is -0.163. The summed E-state index contributed by atoms with van der Waals surface area (Å²) in [6.07, 6.45) is 1.70. The van der Waals surface area contributed by atoms with E-state index < -0.39 is 4.92 Å². The highest BCUT2D eigenvalue weighted by molar-refractivity contribution is 6.05. The molecule has 0 fully saturated rings. The first-order valence-corrected chi connectivity index (χ1v) is 8.17. The zero-order valence-electron chi connectivity index (χ0n) is 14.4. The van der Waals surface area contributed by atoms with Gasteiger partial charge in [-0.2, -0.15) is 10.2 Å². The Kier molecular flexibility index (Phi) is 5.11. The molecule has 3 N–H and O–H groups in total. The number of carbonyl (C=O) groups is 1. The van der Waals surface area contributed by atoms with Crippen LogP contribution in [0, 0.1) is 16.0 Å². The Labute approximate surface area is 154 Å². The Balaban J connectivity index is 1.69. The molecule has 0 saturated carbocycles. The number of phenols is 1. The minimum atomic E-state index is -0.541. The number of carbonyl (C=O) groups excluding carboxylic acids is 1. The van der Waals surface area contributed by atoms with E-state index in [1.54, 1.807) is 12.1 Å². The quantitative estimate of drug-likeness (QED) is 0.425. The van der Waals surface area contributed by atoms with Gasteiger partial charge in [0, 0.05) is 30.0 Å². The maximum Gasteiger partial charge on any atom is 0.270 e. The molecule has 2 aromatic carbocycles. The van der Waals surface area contributed by atoms with Crippen molar-refractivity contribution in [3.05, 3.63) is 63.7 Å². The standard InChI is InChI=1S/C18H17N5O4/c1-11-8-17(25)21-22-18(11)12-2-4-14(5-3-12)20-19-10-13-9-15(23(26)27)6-7-16(13)24/h2-7,9-11,20,24H,8H2,1H3,(H,21,25)/b19-10+. The monoisotopic (exact) mass is 367 g/mol. The summed E-state index contributed by atoms with van der Waals surface area (Å²) in [6, 6.07) is 11.0. The van der Waals surface area contributed by atoms with Crippen molar-refractivity contribution in [3.8, 4) is 5.75 Å². The molecule has 9 heteroatoms. The number of anilines is 1. The fraction of sp³-hybridized carbons (Fsp3) is 0.167. The Hall–Kier alpha value is -3.75. The SMILES string of the molecule is CC1CC(=O)NN=C1c1ccc(N/N=C/c2cc([N+](=O)[O-])ccc2O)cc1. The summed E-state index contributed by atoms with van der Waals surface area (Å²) < 4.78 is 0. The van der Waals surface area contributed by atoms with Crippen LogP contribution in [0.4, 0.5) is 11.4 Å². The molecule has 0 aromatic heterocycles. The maximum absolute atomic E-state index is 11.3. The first-order valence-electron chi connectivity index (χ1n) is 8.17. The molecule has 1 atom stereocenters. The number of hydrogen-bond acceptors (Lipinski definition) is 7. The van der Waals surface area contributed by atoms with E-state index in [1.165, 1.54) is 24.4 Å². The Bertz CT molecular complexity index is 937. The number of amides is 1. The van der Waals surface area contributed by atoms with E-state index >= 15 is 0 Å². The van der Waals surface area contributed by atoms with E-state index in [1.807, 2.05) is 19.1 Å². The summed E-state index contributed by atoms with van der Waals surface area (Å²) >= 11 is 0. The van der Waals surface area contributed by atoms with Gasteiger partial charge in [0.05, 0.1) is 22.5 Å². The number of nitro groups is 1. The molecule has 1 aliphatic heterocycles. The molecule has 27 heavy (non-hydrogen) atoms. The summed E-state index contributed by atoms with van der Waals surface area (Å²) in [5.41, 5.74) is 7.78. The number of hydrogen-bond donors (Lipinski definition) is 3. The van der Waals surface area contributed by atoms with Crippen molar-refractivity contribution in [1.29, 1.82) is 0 Å². The van der Waals surface area contributed by atoms with Gasteiger partial charge in [0.1, 0.15) is 5.75 Å². The normalized spacial score (nSPS) is 16.7. The van der Waals surface area contributed by atoms with E-state index in [2.05, 4.69) is 21.1 Å². The average Bonchev–Trinajstić information content (AvgIpc) is 2.64. The molecule has 138 valence electrons. The van der Waals surface area contributed by atoms with Gasteiger partial charge in [-0.1, -0.05) is 19.1 Å². The van der Waals surface area contributed by atoms with Crippen molar-refractivity contribution < 1.29 is 14.8 Å². The van der Waals surface area contributed by atoms with Gasteiger partial charge in [-0.3, -0.25) is 20.3 Å². The Morgan fingerprint density at radius 1 is 1.33 bits per heavy atom. The summed E-state index contributed by atoms with van der Waals surface area (Å²) in [5, 5.41) is 28.7. The molecule has 3 rings (SSSR count). The van der Waals surface area contributed by atoms with Crippen LogP contribution in [0.5, 0.6) is 5.75 Å². The van der Waals surface area contributed by atoms with E-state index in [4.69, 9.17) is 0 Å². The van der Waals surface area contributed by atoms with Crippen molar-refractivity contribution in [2.45, 2.75) is 13.3 Å². The topological polar surface area (TPSA) is 129 Å². The van der Waals surface area contributed by atoms with Gasteiger partial charge < -0.3 is 5.11 Å². The fourth-order valence-corrected chi connectivity index (χ4v) is 2.65. The second-order valence-electron chi connectivity index (χ2n) is 6.08. The van der Waals surface area contributed by atoms with E-state index in [0.29, 0.717) is 12.1 Å². The second kappa shape index (κ2) is 7.65. The van der Waals surface area contributed by atoms with Gasteiger partial charge in [0.25, 0.3) is 5.69 Å². The van der Waals surface area contributed by atoms with Gasteiger partial charge in [0.15, 0.2) is 0 Å². The molecule has 1 unspecified atom stereocenters. The molecule has 2 aromatic rings. The first-order chi connectivity index (χ1) is 12.9. The largest absolute Gasteiger partial charge is 0.507 e. The number of aromatic hydroxyl groups is 1. The highest BCUT2D eigenvalue weighted by Crippen LogP contribution is 2.22. The van der Waals surface area contributed by atoms with Crippen LogP contribution in [-0.4, -0.2) is 27.9 Å². The predicted molar refractivity (Wildman–Crippen MR) is 101 cm³/mol. The zero-order valence-corrected chi connectivity index (χ0v) is 14.4.